The minimum atomic E-state index is 0.660. The van der Waals surface area contributed by atoms with Crippen LogP contribution >= 0.6 is 11.5 Å². The highest BCUT2D eigenvalue weighted by atomic mass is 32.1. The van der Waals surface area contributed by atoms with Gasteiger partial charge < -0.3 is 10.2 Å². The highest BCUT2D eigenvalue weighted by Gasteiger charge is 2.05. The maximum absolute atomic E-state index is 3.98. The molecule has 0 aliphatic heterocycles. The molecule has 0 saturated carbocycles. The Morgan fingerprint density at radius 2 is 2.40 bits per heavy atom. The Labute approximate surface area is 95.8 Å². The number of rotatable bonds is 7. The average molecular weight is 228 g/mol. The van der Waals surface area contributed by atoms with E-state index >= 15 is 0 Å². The predicted octanol–water partition coefficient (Wildman–Crippen LogP) is 1.36. The van der Waals surface area contributed by atoms with Crippen LogP contribution < -0.4 is 5.32 Å². The van der Waals surface area contributed by atoms with E-state index < -0.39 is 0 Å². The summed E-state index contributed by atoms with van der Waals surface area (Å²) in [5.41, 5.74) is 1.03. The van der Waals surface area contributed by atoms with Crippen LogP contribution in [0.5, 0.6) is 0 Å². The Morgan fingerprint density at radius 1 is 1.60 bits per heavy atom. The van der Waals surface area contributed by atoms with Crippen LogP contribution in [-0.2, 0) is 6.54 Å². The number of aromatic nitrogens is 2. The van der Waals surface area contributed by atoms with Crippen molar-refractivity contribution in [3.8, 4) is 0 Å². The number of hydrogen-bond donors (Lipinski definition) is 1. The van der Waals surface area contributed by atoms with Crippen LogP contribution in [0.2, 0.25) is 0 Å². The van der Waals surface area contributed by atoms with Crippen LogP contribution in [-0.4, -0.2) is 40.7 Å². The Kier molecular flexibility index (Phi) is 5.75. The van der Waals surface area contributed by atoms with Crippen molar-refractivity contribution in [1.82, 2.24) is 19.8 Å². The molecule has 1 unspecified atom stereocenters. The van der Waals surface area contributed by atoms with E-state index in [4.69, 9.17) is 0 Å². The first-order valence-electron chi connectivity index (χ1n) is 5.41. The lowest BCUT2D eigenvalue weighted by molar-refractivity contribution is 0.251. The van der Waals surface area contributed by atoms with Gasteiger partial charge in [0.15, 0.2) is 0 Å². The van der Waals surface area contributed by atoms with Crippen LogP contribution in [0.25, 0.3) is 0 Å². The molecule has 86 valence electrons. The van der Waals surface area contributed by atoms with E-state index in [0.29, 0.717) is 6.04 Å². The van der Waals surface area contributed by atoms with Crippen molar-refractivity contribution in [1.29, 1.82) is 0 Å². The standard InChI is InChI=1S/C10H20N4S/c1-4-9(2)14(3)6-5-11-7-10-8-15-13-12-10/h8-9,11H,4-7H2,1-3H3. The summed E-state index contributed by atoms with van der Waals surface area (Å²) in [6.45, 7) is 7.37. The third kappa shape index (κ3) is 4.68. The van der Waals surface area contributed by atoms with Gasteiger partial charge in [-0.05, 0) is 31.9 Å². The van der Waals surface area contributed by atoms with E-state index in [2.05, 4.69) is 40.7 Å². The summed E-state index contributed by atoms with van der Waals surface area (Å²) in [5.74, 6) is 0. The van der Waals surface area contributed by atoms with E-state index in [9.17, 15) is 0 Å². The highest BCUT2D eigenvalue weighted by molar-refractivity contribution is 7.03. The molecule has 1 heterocycles. The van der Waals surface area contributed by atoms with Crippen LogP contribution in [0.4, 0.5) is 0 Å². The van der Waals surface area contributed by atoms with Crippen molar-refractivity contribution in [3.63, 3.8) is 0 Å². The van der Waals surface area contributed by atoms with E-state index in [1.807, 2.05) is 5.38 Å². The molecule has 0 aromatic carbocycles. The average Bonchev–Trinajstić information content (AvgIpc) is 2.75. The second-order valence-corrected chi connectivity index (χ2v) is 4.42. The van der Waals surface area contributed by atoms with Gasteiger partial charge in [0, 0.05) is 31.1 Å². The summed E-state index contributed by atoms with van der Waals surface area (Å²) in [6.07, 6.45) is 1.20. The van der Waals surface area contributed by atoms with Gasteiger partial charge in [0.25, 0.3) is 0 Å². The van der Waals surface area contributed by atoms with Crippen LogP contribution in [0.1, 0.15) is 26.0 Å². The molecule has 0 radical (unpaired) electrons. The SMILES string of the molecule is CCC(C)N(C)CCNCc1csnn1. The van der Waals surface area contributed by atoms with Gasteiger partial charge in [-0.3, -0.25) is 0 Å². The molecule has 0 spiro atoms. The largest absolute Gasteiger partial charge is 0.310 e. The Hall–Kier alpha value is -0.520. The zero-order valence-corrected chi connectivity index (χ0v) is 10.5. The van der Waals surface area contributed by atoms with Crippen molar-refractivity contribution in [2.24, 2.45) is 0 Å². The Bertz CT molecular complexity index is 250. The summed E-state index contributed by atoms with van der Waals surface area (Å²) in [4.78, 5) is 2.37. The summed E-state index contributed by atoms with van der Waals surface area (Å²) in [6, 6.07) is 0.660. The fourth-order valence-electron chi connectivity index (χ4n) is 1.26. The fraction of sp³-hybridized carbons (Fsp3) is 0.800. The van der Waals surface area contributed by atoms with Crippen LogP contribution in [0.15, 0.2) is 5.38 Å². The zero-order valence-electron chi connectivity index (χ0n) is 9.73. The van der Waals surface area contributed by atoms with Crippen molar-refractivity contribution >= 4 is 11.5 Å². The molecule has 0 saturated heterocycles. The minimum Gasteiger partial charge on any atom is -0.310 e. The van der Waals surface area contributed by atoms with Gasteiger partial charge in [-0.15, -0.1) is 5.10 Å². The van der Waals surface area contributed by atoms with Gasteiger partial charge in [0.05, 0.1) is 5.69 Å². The number of hydrogen-bond acceptors (Lipinski definition) is 5. The molecule has 1 N–H and O–H groups in total. The van der Waals surface area contributed by atoms with E-state index in [-0.39, 0.29) is 0 Å². The second-order valence-electron chi connectivity index (χ2n) is 3.81. The van der Waals surface area contributed by atoms with Gasteiger partial charge in [-0.25, -0.2) is 0 Å². The Balaban J connectivity index is 2.06. The Morgan fingerprint density at radius 3 is 3.00 bits per heavy atom. The molecule has 0 aliphatic rings. The maximum atomic E-state index is 3.98. The molecule has 0 amide bonds. The number of nitrogens with one attached hydrogen (secondary N) is 1. The van der Waals surface area contributed by atoms with E-state index in [0.717, 1.165) is 25.3 Å². The molecule has 0 bridgehead atoms. The van der Waals surface area contributed by atoms with Crippen molar-refractivity contribution in [3.05, 3.63) is 11.1 Å². The second kappa shape index (κ2) is 6.87. The van der Waals surface area contributed by atoms with Crippen molar-refractivity contribution in [2.45, 2.75) is 32.9 Å². The lowest BCUT2D eigenvalue weighted by Gasteiger charge is -2.23. The van der Waals surface area contributed by atoms with Crippen molar-refractivity contribution in [2.75, 3.05) is 20.1 Å². The quantitative estimate of drug-likeness (QED) is 0.715. The zero-order chi connectivity index (χ0) is 11.1. The predicted molar refractivity (Wildman–Crippen MR) is 64.0 cm³/mol. The third-order valence-corrected chi connectivity index (χ3v) is 3.25. The molecule has 1 atom stereocenters. The number of likely N-dealkylation sites (N-methyl/N-ethyl adjacent to an activating group) is 1. The lowest BCUT2D eigenvalue weighted by Crippen LogP contribution is -2.34. The van der Waals surface area contributed by atoms with E-state index in [1.165, 1.54) is 18.0 Å². The van der Waals surface area contributed by atoms with Crippen LogP contribution in [0.3, 0.4) is 0 Å². The first kappa shape index (κ1) is 12.5. The summed E-state index contributed by atoms with van der Waals surface area (Å²) < 4.78 is 3.82. The summed E-state index contributed by atoms with van der Waals surface area (Å²) in [5, 5.41) is 9.31. The van der Waals surface area contributed by atoms with Gasteiger partial charge >= 0.3 is 0 Å². The molecule has 0 fully saturated rings. The first-order valence-corrected chi connectivity index (χ1v) is 6.24. The van der Waals surface area contributed by atoms with Crippen molar-refractivity contribution < 1.29 is 0 Å². The van der Waals surface area contributed by atoms with Gasteiger partial charge in [-0.2, -0.15) is 0 Å². The van der Waals surface area contributed by atoms with Gasteiger partial charge in [0.1, 0.15) is 0 Å². The fourth-order valence-corrected chi connectivity index (χ4v) is 1.72. The molecule has 1 aromatic heterocycles. The molecule has 1 aromatic rings. The summed E-state index contributed by atoms with van der Waals surface area (Å²) >= 11 is 1.40. The topological polar surface area (TPSA) is 41.0 Å². The van der Waals surface area contributed by atoms with Crippen LogP contribution in [0, 0.1) is 0 Å². The molecule has 5 heteroatoms. The third-order valence-electron chi connectivity index (χ3n) is 2.70. The van der Waals surface area contributed by atoms with E-state index in [1.54, 1.807) is 0 Å². The van der Waals surface area contributed by atoms with Gasteiger partial charge in [-0.1, -0.05) is 11.4 Å². The molecule has 4 nitrogen and oxygen atoms in total. The highest BCUT2D eigenvalue weighted by Crippen LogP contribution is 1.99. The molecule has 15 heavy (non-hydrogen) atoms. The normalized spacial score (nSPS) is 13.3. The monoisotopic (exact) mass is 228 g/mol. The molecule has 1 rings (SSSR count). The van der Waals surface area contributed by atoms with Gasteiger partial charge in [0.2, 0.25) is 0 Å². The first-order chi connectivity index (χ1) is 7.24. The number of nitrogens with zero attached hydrogens (tertiary/aromatic N) is 3. The molecular weight excluding hydrogens is 208 g/mol. The maximum Gasteiger partial charge on any atom is 0.0893 e. The molecule has 0 aliphatic carbocycles. The lowest BCUT2D eigenvalue weighted by atomic mass is 10.2. The molecular formula is C10H20N4S. The minimum absolute atomic E-state index is 0.660. The summed E-state index contributed by atoms with van der Waals surface area (Å²) in [7, 11) is 2.17. The smallest absolute Gasteiger partial charge is 0.0893 e.